The fourth-order valence-corrected chi connectivity index (χ4v) is 4.62. The molecule has 2 heterocycles. The molecule has 130 valence electrons. The number of aromatic nitrogens is 1. The van der Waals surface area contributed by atoms with Crippen LogP contribution in [0.25, 0.3) is 22.4 Å². The third-order valence-corrected chi connectivity index (χ3v) is 5.73. The Morgan fingerprint density at radius 2 is 1.96 bits per heavy atom. The fraction of sp³-hybridized carbons (Fsp3) is 0.300. The average molecular weight is 348 g/mol. The minimum atomic E-state index is -0.532. The maximum absolute atomic E-state index is 11.8. The van der Waals surface area contributed by atoms with Crippen molar-refractivity contribution in [2.24, 2.45) is 0 Å². The van der Waals surface area contributed by atoms with Crippen molar-refractivity contribution in [2.45, 2.75) is 38.0 Å². The molecule has 2 aromatic heterocycles. The molecule has 1 fully saturated rings. The number of ketones is 1. The van der Waals surface area contributed by atoms with Gasteiger partial charge in [0.05, 0.1) is 11.6 Å². The Bertz CT molecular complexity index is 1100. The van der Waals surface area contributed by atoms with Crippen LogP contribution in [0.2, 0.25) is 0 Å². The van der Waals surface area contributed by atoms with Crippen LogP contribution in [0.3, 0.4) is 0 Å². The zero-order valence-electron chi connectivity index (χ0n) is 14.2. The first-order valence-corrected chi connectivity index (χ1v) is 8.76. The van der Waals surface area contributed by atoms with Crippen LogP contribution in [-0.4, -0.2) is 15.7 Å². The predicted octanol–water partition coefficient (Wildman–Crippen LogP) is 4.97. The number of carbonyl (C=O) groups excluding carboxylic acids is 1. The van der Waals surface area contributed by atoms with E-state index in [9.17, 15) is 14.9 Å². The first-order valence-electron chi connectivity index (χ1n) is 8.76. The molecule has 1 aromatic carbocycles. The van der Waals surface area contributed by atoms with Crippen LogP contribution in [0, 0.1) is 10.1 Å². The molecule has 2 unspecified atom stereocenters. The number of furan rings is 1. The summed E-state index contributed by atoms with van der Waals surface area (Å²) in [7, 11) is 0. The summed E-state index contributed by atoms with van der Waals surface area (Å²) in [5.41, 5.74) is 4.60. The van der Waals surface area contributed by atoms with E-state index in [4.69, 9.17) is 9.40 Å². The molecule has 6 heteroatoms. The summed E-state index contributed by atoms with van der Waals surface area (Å²) < 4.78 is 5.46. The van der Waals surface area contributed by atoms with E-state index >= 15 is 0 Å². The predicted molar refractivity (Wildman–Crippen MR) is 95.4 cm³/mol. The van der Waals surface area contributed by atoms with Gasteiger partial charge < -0.3 is 4.42 Å². The van der Waals surface area contributed by atoms with Gasteiger partial charge in [-0.15, -0.1) is 0 Å². The minimum absolute atomic E-state index is 0.0366. The Kier molecular flexibility index (Phi) is 3.07. The second kappa shape index (κ2) is 5.24. The SMILES string of the molecule is CC(=O)c1ccc2nc(-c3ccc([N+](=O)[O-])o3)c3c(c2c1)C1CCC3C1. The first-order chi connectivity index (χ1) is 12.5. The normalized spacial score (nSPS) is 20.5. The molecular formula is C20H16N2O4. The van der Waals surface area contributed by atoms with Crippen molar-refractivity contribution in [1.29, 1.82) is 0 Å². The lowest BCUT2D eigenvalue weighted by molar-refractivity contribution is -0.401. The Morgan fingerprint density at radius 1 is 1.19 bits per heavy atom. The van der Waals surface area contributed by atoms with Gasteiger partial charge in [0.15, 0.2) is 11.5 Å². The van der Waals surface area contributed by atoms with Gasteiger partial charge in [0.1, 0.15) is 10.6 Å². The monoisotopic (exact) mass is 348 g/mol. The van der Waals surface area contributed by atoms with Crippen molar-refractivity contribution in [2.75, 3.05) is 0 Å². The summed E-state index contributed by atoms with van der Waals surface area (Å²) in [6.07, 6.45) is 3.32. The minimum Gasteiger partial charge on any atom is -0.399 e. The first kappa shape index (κ1) is 15.3. The second-order valence-electron chi connectivity index (χ2n) is 7.18. The fourth-order valence-electron chi connectivity index (χ4n) is 4.62. The van der Waals surface area contributed by atoms with E-state index in [-0.39, 0.29) is 11.7 Å². The molecule has 0 amide bonds. The summed E-state index contributed by atoms with van der Waals surface area (Å²) >= 11 is 0. The molecule has 26 heavy (non-hydrogen) atoms. The smallest absolute Gasteiger partial charge is 0.399 e. The number of pyridine rings is 1. The van der Waals surface area contributed by atoms with Gasteiger partial charge in [0, 0.05) is 10.9 Å². The number of hydrogen-bond donors (Lipinski definition) is 0. The molecule has 0 N–H and O–H groups in total. The van der Waals surface area contributed by atoms with E-state index in [2.05, 4.69) is 0 Å². The van der Waals surface area contributed by atoms with Gasteiger partial charge in [-0.25, -0.2) is 4.98 Å². The van der Waals surface area contributed by atoms with Crippen molar-refractivity contribution in [3.05, 3.63) is 57.1 Å². The van der Waals surface area contributed by atoms with E-state index in [0.717, 1.165) is 35.7 Å². The summed E-state index contributed by atoms with van der Waals surface area (Å²) in [6, 6.07) is 8.59. The van der Waals surface area contributed by atoms with Crippen LogP contribution in [0.5, 0.6) is 0 Å². The van der Waals surface area contributed by atoms with E-state index in [0.29, 0.717) is 28.9 Å². The maximum atomic E-state index is 11.8. The van der Waals surface area contributed by atoms with Crippen LogP contribution < -0.4 is 0 Å². The van der Waals surface area contributed by atoms with Gasteiger partial charge >= 0.3 is 5.88 Å². The highest BCUT2D eigenvalue weighted by atomic mass is 16.6. The highest BCUT2D eigenvalue weighted by Crippen LogP contribution is 2.57. The number of nitro groups is 1. The number of benzene rings is 1. The third-order valence-electron chi connectivity index (χ3n) is 5.73. The number of nitrogens with zero attached hydrogens (tertiary/aromatic N) is 2. The lowest BCUT2D eigenvalue weighted by Gasteiger charge is -2.20. The van der Waals surface area contributed by atoms with Crippen molar-refractivity contribution >= 4 is 22.6 Å². The highest BCUT2D eigenvalue weighted by molar-refractivity contribution is 5.99. The zero-order chi connectivity index (χ0) is 18.0. The van der Waals surface area contributed by atoms with E-state index in [1.807, 2.05) is 12.1 Å². The van der Waals surface area contributed by atoms with Gasteiger partial charge in [-0.3, -0.25) is 14.9 Å². The Balaban J connectivity index is 1.80. The van der Waals surface area contributed by atoms with E-state index in [1.165, 1.54) is 11.6 Å². The Labute approximate surface area is 149 Å². The number of hydrogen-bond acceptors (Lipinski definition) is 5. The molecule has 0 aliphatic heterocycles. The summed E-state index contributed by atoms with van der Waals surface area (Å²) in [5, 5.41) is 12.0. The highest BCUT2D eigenvalue weighted by Gasteiger charge is 2.41. The largest absolute Gasteiger partial charge is 0.433 e. The van der Waals surface area contributed by atoms with Gasteiger partial charge in [0.2, 0.25) is 0 Å². The van der Waals surface area contributed by atoms with E-state index in [1.54, 1.807) is 19.1 Å². The summed E-state index contributed by atoms with van der Waals surface area (Å²) in [4.78, 5) is 27.0. The van der Waals surface area contributed by atoms with Crippen LogP contribution >= 0.6 is 0 Å². The van der Waals surface area contributed by atoms with Crippen molar-refractivity contribution in [1.82, 2.24) is 4.98 Å². The van der Waals surface area contributed by atoms with E-state index < -0.39 is 4.92 Å². The lowest BCUT2D eigenvalue weighted by atomic mass is 9.87. The molecule has 2 aliphatic rings. The van der Waals surface area contributed by atoms with Gasteiger partial charge in [-0.1, -0.05) is 0 Å². The molecule has 2 atom stereocenters. The molecule has 5 rings (SSSR count). The standard InChI is InChI=1S/C20H16N2O4/c1-10(23)11-4-5-15-14(9-11)18-12-2-3-13(8-12)19(18)20(21-15)16-6-7-17(26-16)22(24)25/h4-7,9,12-13H,2-3,8H2,1H3. The maximum Gasteiger partial charge on any atom is 0.433 e. The quantitative estimate of drug-likeness (QED) is 0.379. The number of carbonyl (C=O) groups is 1. The average Bonchev–Trinajstić information content (AvgIpc) is 3.36. The van der Waals surface area contributed by atoms with Crippen LogP contribution in [-0.2, 0) is 0 Å². The molecule has 0 spiro atoms. The summed E-state index contributed by atoms with van der Waals surface area (Å²) in [6.45, 7) is 1.57. The molecular weight excluding hydrogens is 332 g/mol. The summed E-state index contributed by atoms with van der Waals surface area (Å²) in [5.74, 6) is 1.08. The van der Waals surface area contributed by atoms with Crippen molar-refractivity contribution < 1.29 is 14.1 Å². The van der Waals surface area contributed by atoms with Crippen LogP contribution in [0.15, 0.2) is 34.7 Å². The molecule has 0 saturated heterocycles. The van der Waals surface area contributed by atoms with Crippen LogP contribution in [0.4, 0.5) is 5.88 Å². The molecule has 6 nitrogen and oxygen atoms in total. The second-order valence-corrected chi connectivity index (χ2v) is 7.18. The van der Waals surface area contributed by atoms with Gasteiger partial charge in [-0.2, -0.15) is 0 Å². The van der Waals surface area contributed by atoms with Gasteiger partial charge in [0.25, 0.3) is 0 Å². The molecule has 1 saturated carbocycles. The number of rotatable bonds is 3. The molecule has 2 aliphatic carbocycles. The third kappa shape index (κ3) is 2.05. The van der Waals surface area contributed by atoms with Gasteiger partial charge in [-0.05, 0) is 73.4 Å². The lowest BCUT2D eigenvalue weighted by Crippen LogP contribution is -2.05. The number of fused-ring (bicyclic) bond motifs is 7. The topological polar surface area (TPSA) is 86.2 Å². The van der Waals surface area contributed by atoms with Crippen molar-refractivity contribution in [3.8, 4) is 11.5 Å². The van der Waals surface area contributed by atoms with Crippen LogP contribution in [0.1, 0.15) is 59.5 Å². The van der Waals surface area contributed by atoms with Crippen molar-refractivity contribution in [3.63, 3.8) is 0 Å². The Hall–Kier alpha value is -3.02. The molecule has 2 bridgehead atoms. The molecule has 0 radical (unpaired) electrons. The molecule has 3 aromatic rings. The number of Topliss-reactive ketones (excluding diaryl/α,β-unsaturated/α-hetero) is 1. The Morgan fingerprint density at radius 3 is 2.65 bits per heavy atom. The zero-order valence-corrected chi connectivity index (χ0v) is 14.2.